The minimum Gasteiger partial charge on any atom is -0.383 e. The van der Waals surface area contributed by atoms with Crippen molar-refractivity contribution in [3.63, 3.8) is 0 Å². The van der Waals surface area contributed by atoms with Crippen LogP contribution in [0.5, 0.6) is 0 Å². The predicted molar refractivity (Wildman–Crippen MR) is 105 cm³/mol. The number of hydrogen-bond acceptors (Lipinski definition) is 5. The molecule has 3 heterocycles. The number of aryl methyl sites for hydroxylation is 1. The molecule has 6 heteroatoms. The minimum atomic E-state index is 0.0114. The van der Waals surface area contributed by atoms with Gasteiger partial charge in [-0.25, -0.2) is 0 Å². The van der Waals surface area contributed by atoms with Crippen LogP contribution in [-0.2, 0) is 30.7 Å². The van der Waals surface area contributed by atoms with E-state index in [1.165, 1.54) is 16.0 Å². The minimum absolute atomic E-state index is 0.0114. The number of fused-ring (bicyclic) bond motifs is 1. The second-order valence-corrected chi connectivity index (χ2v) is 7.82. The van der Waals surface area contributed by atoms with E-state index in [-0.39, 0.29) is 11.9 Å². The summed E-state index contributed by atoms with van der Waals surface area (Å²) in [6.45, 7) is 7.32. The fraction of sp³-hybridized carbons (Fsp3) is 0.500. The number of ether oxygens (including phenoxy) is 1. The summed E-state index contributed by atoms with van der Waals surface area (Å²) in [5.74, 6) is 0.0114. The van der Waals surface area contributed by atoms with E-state index in [9.17, 15) is 4.79 Å². The zero-order valence-electron chi connectivity index (χ0n) is 15.7. The Morgan fingerprint density at radius 1 is 1.46 bits per heavy atom. The number of thiophene rings is 1. The smallest absolute Gasteiger partial charge is 0.252 e. The molecule has 1 aliphatic heterocycles. The number of nitrogens with zero attached hydrogens (tertiary/aromatic N) is 2. The molecular weight excluding hydrogens is 346 g/mol. The lowest BCUT2D eigenvalue weighted by Gasteiger charge is -2.27. The molecule has 0 unspecified atom stereocenters. The van der Waals surface area contributed by atoms with Gasteiger partial charge in [-0.15, -0.1) is 11.3 Å². The highest BCUT2D eigenvalue weighted by atomic mass is 32.1. The molecule has 1 atom stereocenters. The molecule has 0 aromatic carbocycles. The quantitative estimate of drug-likeness (QED) is 0.811. The van der Waals surface area contributed by atoms with Gasteiger partial charge in [-0.3, -0.25) is 14.7 Å². The molecule has 5 nitrogen and oxygen atoms in total. The molecule has 1 aliphatic rings. The predicted octanol–water partition coefficient (Wildman–Crippen LogP) is 3.03. The van der Waals surface area contributed by atoms with Crippen LogP contribution in [0.15, 0.2) is 23.7 Å². The van der Waals surface area contributed by atoms with Gasteiger partial charge in [-0.05, 0) is 37.0 Å². The Bertz CT molecular complexity index is 742. The van der Waals surface area contributed by atoms with E-state index in [1.807, 2.05) is 18.5 Å². The average molecular weight is 374 g/mol. The van der Waals surface area contributed by atoms with E-state index in [0.29, 0.717) is 6.61 Å². The summed E-state index contributed by atoms with van der Waals surface area (Å²) in [7, 11) is 1.65. The second-order valence-electron chi connectivity index (χ2n) is 6.85. The fourth-order valence-electron chi connectivity index (χ4n) is 3.29. The van der Waals surface area contributed by atoms with Gasteiger partial charge in [0, 0.05) is 49.2 Å². The van der Waals surface area contributed by atoms with Gasteiger partial charge in [0.1, 0.15) is 0 Å². The van der Waals surface area contributed by atoms with Crippen molar-refractivity contribution in [2.24, 2.45) is 0 Å². The molecule has 1 amide bonds. The van der Waals surface area contributed by atoms with Gasteiger partial charge in [-0.1, -0.05) is 13.0 Å². The maximum Gasteiger partial charge on any atom is 0.252 e. The summed E-state index contributed by atoms with van der Waals surface area (Å²) >= 11 is 1.69. The van der Waals surface area contributed by atoms with Gasteiger partial charge in [-0.2, -0.15) is 0 Å². The Balaban J connectivity index is 1.62. The third kappa shape index (κ3) is 4.50. The molecule has 0 aliphatic carbocycles. The summed E-state index contributed by atoms with van der Waals surface area (Å²) in [5.41, 5.74) is 4.42. The van der Waals surface area contributed by atoms with E-state index < -0.39 is 0 Å². The number of rotatable bonds is 7. The van der Waals surface area contributed by atoms with E-state index in [4.69, 9.17) is 4.74 Å². The van der Waals surface area contributed by atoms with Crippen LogP contribution in [0.4, 0.5) is 0 Å². The van der Waals surface area contributed by atoms with Crippen molar-refractivity contribution in [1.82, 2.24) is 15.2 Å². The molecule has 0 saturated carbocycles. The van der Waals surface area contributed by atoms with Gasteiger partial charge >= 0.3 is 0 Å². The second kappa shape index (κ2) is 8.75. The van der Waals surface area contributed by atoms with Gasteiger partial charge in [0.2, 0.25) is 0 Å². The van der Waals surface area contributed by atoms with Crippen LogP contribution in [0.1, 0.15) is 45.9 Å². The van der Waals surface area contributed by atoms with E-state index >= 15 is 0 Å². The maximum absolute atomic E-state index is 12.5. The van der Waals surface area contributed by atoms with E-state index in [1.54, 1.807) is 18.4 Å². The Kier molecular flexibility index (Phi) is 6.40. The Morgan fingerprint density at radius 2 is 2.31 bits per heavy atom. The first-order valence-electron chi connectivity index (χ1n) is 9.15. The third-order valence-electron chi connectivity index (χ3n) is 4.74. The standard InChI is InChI=1S/C20H27N3O2S/c1-4-15-5-6-16(21-9-15)10-23-8-7-17-18(13-26-19(17)11-23)20(24)22-14(2)12-25-3/h5-6,9,13-14H,4,7-8,10-12H2,1-3H3,(H,22,24)/t14-/m1/s1. The highest BCUT2D eigenvalue weighted by Gasteiger charge is 2.24. The zero-order chi connectivity index (χ0) is 18.5. The number of carbonyl (C=O) groups is 1. The molecule has 2 aromatic heterocycles. The van der Waals surface area contributed by atoms with Crippen LogP contribution in [0, 0.1) is 0 Å². The number of nitrogens with one attached hydrogen (secondary N) is 1. The number of aromatic nitrogens is 1. The van der Waals surface area contributed by atoms with E-state index in [0.717, 1.165) is 43.7 Å². The molecule has 140 valence electrons. The van der Waals surface area contributed by atoms with Crippen LogP contribution < -0.4 is 5.32 Å². The van der Waals surface area contributed by atoms with Crippen molar-refractivity contribution < 1.29 is 9.53 Å². The summed E-state index contributed by atoms with van der Waals surface area (Å²) in [6.07, 6.45) is 3.90. The Labute approximate surface area is 159 Å². The first-order chi connectivity index (χ1) is 12.6. The maximum atomic E-state index is 12.5. The van der Waals surface area contributed by atoms with Crippen molar-refractivity contribution in [2.75, 3.05) is 20.3 Å². The number of carbonyl (C=O) groups excluding carboxylic acids is 1. The highest BCUT2D eigenvalue weighted by Crippen LogP contribution is 2.29. The van der Waals surface area contributed by atoms with Gasteiger partial charge in [0.05, 0.1) is 17.9 Å². The molecular formula is C20H27N3O2S. The zero-order valence-corrected chi connectivity index (χ0v) is 16.6. The van der Waals surface area contributed by atoms with Crippen LogP contribution in [0.2, 0.25) is 0 Å². The SMILES string of the molecule is CCc1ccc(CN2CCc3c(C(=O)N[C@H](C)COC)csc3C2)nc1. The van der Waals surface area contributed by atoms with Crippen molar-refractivity contribution in [3.8, 4) is 0 Å². The van der Waals surface area contributed by atoms with Gasteiger partial charge in [0.25, 0.3) is 5.91 Å². The topological polar surface area (TPSA) is 54.5 Å². The largest absolute Gasteiger partial charge is 0.383 e. The van der Waals surface area contributed by atoms with Gasteiger partial charge in [0.15, 0.2) is 0 Å². The van der Waals surface area contributed by atoms with Crippen LogP contribution in [0.3, 0.4) is 0 Å². The van der Waals surface area contributed by atoms with E-state index in [2.05, 4.69) is 34.3 Å². The van der Waals surface area contributed by atoms with Gasteiger partial charge < -0.3 is 10.1 Å². The molecule has 0 bridgehead atoms. The molecule has 2 aromatic rings. The fourth-order valence-corrected chi connectivity index (χ4v) is 4.41. The van der Waals surface area contributed by atoms with Crippen molar-refractivity contribution in [2.45, 2.75) is 45.8 Å². The monoisotopic (exact) mass is 373 g/mol. The lowest BCUT2D eigenvalue weighted by molar-refractivity contribution is 0.0904. The van der Waals surface area contributed by atoms with Crippen LogP contribution in [-0.4, -0.2) is 42.1 Å². The average Bonchev–Trinajstić information content (AvgIpc) is 3.06. The molecule has 3 rings (SSSR count). The molecule has 0 fully saturated rings. The molecule has 26 heavy (non-hydrogen) atoms. The number of pyridine rings is 1. The van der Waals surface area contributed by atoms with Crippen molar-refractivity contribution in [3.05, 3.63) is 51.0 Å². The number of hydrogen-bond donors (Lipinski definition) is 1. The number of amides is 1. The van der Waals surface area contributed by atoms with Crippen LogP contribution >= 0.6 is 11.3 Å². The third-order valence-corrected chi connectivity index (χ3v) is 5.76. The molecule has 0 saturated heterocycles. The van der Waals surface area contributed by atoms with Crippen molar-refractivity contribution >= 4 is 17.2 Å². The lowest BCUT2D eigenvalue weighted by Crippen LogP contribution is -2.36. The Hall–Kier alpha value is -1.76. The van der Waals surface area contributed by atoms with Crippen molar-refractivity contribution in [1.29, 1.82) is 0 Å². The summed E-state index contributed by atoms with van der Waals surface area (Å²) < 4.78 is 5.09. The van der Waals surface area contributed by atoms with Crippen LogP contribution in [0.25, 0.3) is 0 Å². The highest BCUT2D eigenvalue weighted by molar-refractivity contribution is 7.10. The summed E-state index contributed by atoms with van der Waals surface area (Å²) in [4.78, 5) is 20.8. The normalized spacial score (nSPS) is 15.5. The summed E-state index contributed by atoms with van der Waals surface area (Å²) in [6, 6.07) is 4.30. The number of methoxy groups -OCH3 is 1. The first-order valence-corrected chi connectivity index (χ1v) is 10.0. The lowest BCUT2D eigenvalue weighted by atomic mass is 10.0. The summed E-state index contributed by atoms with van der Waals surface area (Å²) in [5, 5.41) is 5.01. The molecule has 0 spiro atoms. The molecule has 1 N–H and O–H groups in total. The molecule has 0 radical (unpaired) electrons. The first kappa shape index (κ1) is 19.0. The Morgan fingerprint density at radius 3 is 3.00 bits per heavy atom.